The SMILES string of the molecule is CC(C)Cc1ncc2c(n1)CN(c1nnnn1C(C)c1ccccc1)C2. The van der Waals surface area contributed by atoms with Crippen molar-refractivity contribution in [2.75, 3.05) is 4.90 Å². The number of benzene rings is 1. The number of tetrazole rings is 1. The van der Waals surface area contributed by atoms with Gasteiger partial charge in [-0.3, -0.25) is 0 Å². The number of anilines is 1. The number of hydrogen-bond donors (Lipinski definition) is 0. The summed E-state index contributed by atoms with van der Waals surface area (Å²) in [4.78, 5) is 11.4. The fraction of sp³-hybridized carbons (Fsp3) is 0.421. The van der Waals surface area contributed by atoms with Gasteiger partial charge >= 0.3 is 0 Å². The highest BCUT2D eigenvalue weighted by Gasteiger charge is 2.27. The molecule has 0 fully saturated rings. The van der Waals surface area contributed by atoms with E-state index < -0.39 is 0 Å². The van der Waals surface area contributed by atoms with E-state index in [9.17, 15) is 0 Å². The molecule has 0 N–H and O–H groups in total. The predicted molar refractivity (Wildman–Crippen MR) is 98.5 cm³/mol. The van der Waals surface area contributed by atoms with Crippen LogP contribution in [-0.4, -0.2) is 30.2 Å². The normalized spacial score (nSPS) is 14.7. The Morgan fingerprint density at radius 3 is 2.65 bits per heavy atom. The van der Waals surface area contributed by atoms with Gasteiger partial charge < -0.3 is 4.90 Å². The van der Waals surface area contributed by atoms with Gasteiger partial charge in [0, 0.05) is 24.7 Å². The third kappa shape index (κ3) is 3.16. The molecule has 0 spiro atoms. The van der Waals surface area contributed by atoms with E-state index in [1.807, 2.05) is 29.1 Å². The topological polar surface area (TPSA) is 72.6 Å². The largest absolute Gasteiger partial charge is 0.329 e. The molecular weight excluding hydrogens is 326 g/mol. The molecule has 1 atom stereocenters. The molecule has 4 rings (SSSR count). The van der Waals surface area contributed by atoms with E-state index in [0.717, 1.165) is 36.0 Å². The van der Waals surface area contributed by atoms with Crippen LogP contribution in [0.4, 0.5) is 5.95 Å². The van der Waals surface area contributed by atoms with Gasteiger partial charge in [-0.2, -0.15) is 0 Å². The van der Waals surface area contributed by atoms with Crippen LogP contribution in [0.25, 0.3) is 0 Å². The Balaban J connectivity index is 1.57. The van der Waals surface area contributed by atoms with Gasteiger partial charge in [-0.1, -0.05) is 49.3 Å². The Morgan fingerprint density at radius 2 is 1.88 bits per heavy atom. The summed E-state index contributed by atoms with van der Waals surface area (Å²) in [6.45, 7) is 7.92. The summed E-state index contributed by atoms with van der Waals surface area (Å²) in [5, 5.41) is 12.4. The molecule has 2 aromatic heterocycles. The van der Waals surface area contributed by atoms with Crippen molar-refractivity contribution in [1.29, 1.82) is 0 Å². The van der Waals surface area contributed by atoms with Gasteiger partial charge in [-0.25, -0.2) is 14.6 Å². The van der Waals surface area contributed by atoms with Crippen molar-refractivity contribution in [2.45, 2.75) is 46.3 Å². The summed E-state index contributed by atoms with van der Waals surface area (Å²) in [7, 11) is 0. The second-order valence-corrected chi connectivity index (χ2v) is 7.22. The number of rotatable bonds is 5. The van der Waals surface area contributed by atoms with E-state index in [1.165, 1.54) is 5.56 Å². The van der Waals surface area contributed by atoms with E-state index in [1.54, 1.807) is 0 Å². The smallest absolute Gasteiger partial charge is 0.246 e. The molecule has 0 amide bonds. The van der Waals surface area contributed by atoms with Gasteiger partial charge in [0.25, 0.3) is 0 Å². The van der Waals surface area contributed by atoms with Crippen LogP contribution >= 0.6 is 0 Å². The summed E-state index contributed by atoms with van der Waals surface area (Å²) in [6, 6.07) is 10.3. The second-order valence-electron chi connectivity index (χ2n) is 7.22. The number of fused-ring (bicyclic) bond motifs is 1. The monoisotopic (exact) mass is 349 g/mol. The Kier molecular flexibility index (Phi) is 4.36. The van der Waals surface area contributed by atoms with Crippen LogP contribution in [0.3, 0.4) is 0 Å². The fourth-order valence-corrected chi connectivity index (χ4v) is 3.32. The minimum absolute atomic E-state index is 0.0625. The molecule has 134 valence electrons. The van der Waals surface area contributed by atoms with Crippen molar-refractivity contribution in [3.8, 4) is 0 Å². The molecule has 26 heavy (non-hydrogen) atoms. The van der Waals surface area contributed by atoms with Crippen LogP contribution in [0.15, 0.2) is 36.5 Å². The molecule has 1 aliphatic heterocycles. The quantitative estimate of drug-likeness (QED) is 0.705. The molecule has 0 radical (unpaired) electrons. The zero-order chi connectivity index (χ0) is 18.1. The van der Waals surface area contributed by atoms with Crippen LogP contribution in [0.5, 0.6) is 0 Å². The van der Waals surface area contributed by atoms with Gasteiger partial charge in [0.2, 0.25) is 5.95 Å². The number of aromatic nitrogens is 6. The fourth-order valence-electron chi connectivity index (χ4n) is 3.32. The average molecular weight is 349 g/mol. The van der Waals surface area contributed by atoms with Gasteiger partial charge in [-0.15, -0.1) is 0 Å². The van der Waals surface area contributed by atoms with E-state index in [0.29, 0.717) is 12.5 Å². The van der Waals surface area contributed by atoms with Crippen LogP contribution in [0.1, 0.15) is 49.5 Å². The molecule has 1 aromatic carbocycles. The molecule has 7 heteroatoms. The molecule has 3 heterocycles. The van der Waals surface area contributed by atoms with Crippen molar-refractivity contribution < 1.29 is 0 Å². The minimum Gasteiger partial charge on any atom is -0.329 e. The first-order valence-corrected chi connectivity index (χ1v) is 9.03. The average Bonchev–Trinajstić information content (AvgIpc) is 3.27. The second kappa shape index (κ2) is 6.82. The molecule has 0 saturated carbocycles. The maximum Gasteiger partial charge on any atom is 0.246 e. The molecule has 0 bridgehead atoms. The van der Waals surface area contributed by atoms with Gasteiger partial charge in [0.05, 0.1) is 18.3 Å². The maximum atomic E-state index is 4.76. The molecule has 3 aromatic rings. The third-order valence-corrected chi connectivity index (χ3v) is 4.70. The van der Waals surface area contributed by atoms with Crippen molar-refractivity contribution in [3.63, 3.8) is 0 Å². The third-order valence-electron chi connectivity index (χ3n) is 4.70. The summed E-state index contributed by atoms with van der Waals surface area (Å²) in [5.74, 6) is 2.23. The summed E-state index contributed by atoms with van der Waals surface area (Å²) >= 11 is 0. The van der Waals surface area contributed by atoms with Gasteiger partial charge in [0.1, 0.15) is 5.82 Å². The van der Waals surface area contributed by atoms with Crippen LogP contribution in [0, 0.1) is 5.92 Å². The molecule has 0 aliphatic carbocycles. The first kappa shape index (κ1) is 16.6. The van der Waals surface area contributed by atoms with E-state index in [2.05, 4.69) is 58.3 Å². The standard InChI is InChI=1S/C19H23N7/c1-13(2)9-18-20-10-16-11-25(12-17(16)21-18)19-22-23-24-26(19)14(3)15-7-5-4-6-8-15/h4-8,10,13-14H,9,11-12H2,1-3H3. The Labute approximate surface area is 153 Å². The molecule has 7 nitrogen and oxygen atoms in total. The van der Waals surface area contributed by atoms with Crippen molar-refractivity contribution in [3.05, 3.63) is 59.2 Å². The Bertz CT molecular complexity index is 888. The van der Waals surface area contributed by atoms with Crippen LogP contribution < -0.4 is 4.90 Å². The minimum atomic E-state index is 0.0625. The number of nitrogens with zero attached hydrogens (tertiary/aromatic N) is 7. The molecule has 1 unspecified atom stereocenters. The molecule has 1 aliphatic rings. The summed E-state index contributed by atoms with van der Waals surface area (Å²) in [6.07, 6.45) is 2.85. The highest BCUT2D eigenvalue weighted by molar-refractivity contribution is 5.40. The highest BCUT2D eigenvalue weighted by Crippen LogP contribution is 2.28. The van der Waals surface area contributed by atoms with E-state index >= 15 is 0 Å². The predicted octanol–water partition coefficient (Wildman–Crippen LogP) is 2.79. The van der Waals surface area contributed by atoms with Crippen molar-refractivity contribution in [1.82, 2.24) is 30.2 Å². The lowest BCUT2D eigenvalue weighted by Crippen LogP contribution is -2.22. The number of hydrogen-bond acceptors (Lipinski definition) is 6. The summed E-state index contributed by atoms with van der Waals surface area (Å²) < 4.78 is 1.88. The lowest BCUT2D eigenvalue weighted by molar-refractivity contribution is 0.536. The lowest BCUT2D eigenvalue weighted by Gasteiger charge is -2.19. The van der Waals surface area contributed by atoms with Crippen LogP contribution in [-0.2, 0) is 19.5 Å². The molecule has 0 saturated heterocycles. The molecular formula is C19H23N7. The zero-order valence-electron chi connectivity index (χ0n) is 15.4. The first-order valence-electron chi connectivity index (χ1n) is 9.03. The van der Waals surface area contributed by atoms with Crippen molar-refractivity contribution >= 4 is 5.95 Å². The first-order chi connectivity index (χ1) is 12.6. The van der Waals surface area contributed by atoms with E-state index in [-0.39, 0.29) is 6.04 Å². The van der Waals surface area contributed by atoms with Gasteiger partial charge in [0.15, 0.2) is 0 Å². The van der Waals surface area contributed by atoms with Crippen LogP contribution in [0.2, 0.25) is 0 Å². The maximum absolute atomic E-state index is 4.76. The zero-order valence-corrected chi connectivity index (χ0v) is 15.4. The van der Waals surface area contributed by atoms with Crippen molar-refractivity contribution in [2.24, 2.45) is 5.92 Å². The lowest BCUT2D eigenvalue weighted by atomic mass is 10.1. The highest BCUT2D eigenvalue weighted by atomic mass is 15.6. The summed E-state index contributed by atoms with van der Waals surface area (Å²) in [5.41, 5.74) is 3.41. The van der Waals surface area contributed by atoms with E-state index in [4.69, 9.17) is 4.98 Å². The van der Waals surface area contributed by atoms with Gasteiger partial charge in [-0.05, 0) is 28.8 Å². The Morgan fingerprint density at radius 1 is 1.08 bits per heavy atom. The Hall–Kier alpha value is -2.83.